The van der Waals surface area contributed by atoms with Crippen molar-refractivity contribution >= 4 is 0 Å². The van der Waals surface area contributed by atoms with Crippen LogP contribution in [0, 0.1) is 11.8 Å². The lowest BCUT2D eigenvalue weighted by atomic mass is 9.81. The number of ether oxygens (including phenoxy) is 4. The Labute approximate surface area is 189 Å². The van der Waals surface area contributed by atoms with Crippen LogP contribution in [-0.4, -0.2) is 36.6 Å². The van der Waals surface area contributed by atoms with Gasteiger partial charge < -0.3 is 23.5 Å². The van der Waals surface area contributed by atoms with Gasteiger partial charge in [-0.3, -0.25) is 0 Å². The summed E-state index contributed by atoms with van der Waals surface area (Å²) in [7, 11) is 0. The molecule has 2 heterocycles. The van der Waals surface area contributed by atoms with Crippen molar-refractivity contribution in [2.75, 3.05) is 13.2 Å². The minimum absolute atomic E-state index is 0.0393. The molecule has 1 spiro atoms. The molecule has 33 heavy (non-hydrogen) atoms. The zero-order valence-corrected chi connectivity index (χ0v) is 18.1. The van der Waals surface area contributed by atoms with Crippen molar-refractivity contribution in [1.82, 2.24) is 5.16 Å². The molecule has 2 bridgehead atoms. The molecule has 3 aliphatic carbocycles. The third kappa shape index (κ3) is 3.94. The zero-order chi connectivity index (χ0) is 22.6. The van der Waals surface area contributed by atoms with Crippen LogP contribution < -0.4 is 4.74 Å². The van der Waals surface area contributed by atoms with Crippen LogP contribution in [0.25, 0.3) is 11.3 Å². The minimum Gasteiger partial charge on any atom is -0.405 e. The molecule has 178 valence electrons. The average molecular weight is 465 g/mol. The van der Waals surface area contributed by atoms with E-state index in [1.807, 2.05) is 0 Å². The Morgan fingerprint density at radius 3 is 2.36 bits per heavy atom. The largest absolute Gasteiger partial charge is 0.573 e. The summed E-state index contributed by atoms with van der Waals surface area (Å²) in [4.78, 5) is 0. The van der Waals surface area contributed by atoms with Crippen molar-refractivity contribution in [3.8, 4) is 17.0 Å². The summed E-state index contributed by atoms with van der Waals surface area (Å²) in [5, 5.41) is 4.16. The highest BCUT2D eigenvalue weighted by Crippen LogP contribution is 2.55. The van der Waals surface area contributed by atoms with Gasteiger partial charge in [0.25, 0.3) is 0 Å². The van der Waals surface area contributed by atoms with Crippen LogP contribution in [0.1, 0.15) is 55.8 Å². The van der Waals surface area contributed by atoms with Gasteiger partial charge >= 0.3 is 6.36 Å². The molecule has 6 rings (SSSR count). The molecule has 0 amide bonds. The van der Waals surface area contributed by atoms with Crippen LogP contribution in [0.3, 0.4) is 0 Å². The van der Waals surface area contributed by atoms with Crippen molar-refractivity contribution < 1.29 is 36.6 Å². The van der Waals surface area contributed by atoms with Crippen molar-refractivity contribution in [1.29, 1.82) is 0 Å². The molecule has 2 aromatic rings. The second kappa shape index (κ2) is 7.99. The maximum atomic E-state index is 13.0. The van der Waals surface area contributed by atoms with Crippen LogP contribution in [-0.2, 0) is 20.8 Å². The summed E-state index contributed by atoms with van der Waals surface area (Å²) in [5.41, 5.74) is 1.32. The van der Waals surface area contributed by atoms with E-state index >= 15 is 0 Å². The lowest BCUT2D eigenvalue weighted by molar-refractivity contribution is -0.274. The fourth-order valence-electron chi connectivity index (χ4n) is 5.90. The van der Waals surface area contributed by atoms with Gasteiger partial charge in [0.15, 0.2) is 5.79 Å². The molecule has 4 aliphatic rings. The van der Waals surface area contributed by atoms with E-state index in [4.69, 9.17) is 18.7 Å². The minimum atomic E-state index is -4.79. The molecule has 0 radical (unpaired) electrons. The maximum Gasteiger partial charge on any atom is 0.573 e. The second-order valence-electron chi connectivity index (χ2n) is 9.49. The van der Waals surface area contributed by atoms with E-state index in [0.717, 1.165) is 44.1 Å². The molecule has 3 saturated carbocycles. The molecule has 2 atom stereocenters. The lowest BCUT2D eigenvalue weighted by Gasteiger charge is -2.41. The number of aromatic nitrogens is 1. The van der Waals surface area contributed by atoms with Crippen LogP contribution >= 0.6 is 0 Å². The normalized spacial score (nSPS) is 28.5. The molecule has 2 unspecified atom stereocenters. The third-order valence-corrected chi connectivity index (χ3v) is 7.43. The summed E-state index contributed by atoms with van der Waals surface area (Å²) in [6, 6.07) is 6.02. The number of hydrogen-bond donors (Lipinski definition) is 0. The van der Waals surface area contributed by atoms with E-state index < -0.39 is 12.1 Å². The van der Waals surface area contributed by atoms with Crippen LogP contribution in [0.2, 0.25) is 0 Å². The molecule has 1 aliphatic heterocycles. The van der Waals surface area contributed by atoms with E-state index in [-0.39, 0.29) is 29.9 Å². The first-order chi connectivity index (χ1) is 15.9. The van der Waals surface area contributed by atoms with Crippen molar-refractivity contribution in [2.24, 2.45) is 11.8 Å². The van der Waals surface area contributed by atoms with Crippen molar-refractivity contribution in [2.45, 2.75) is 69.3 Å². The molecule has 1 aromatic carbocycles. The van der Waals surface area contributed by atoms with Gasteiger partial charge in [-0.1, -0.05) is 17.3 Å². The standard InChI is InChI=1S/C24H26F3NO5/c25-24(26,27)32-20-4-2-1-3-18(20)21-19(22(33-28-21)14-5-6-14)13-29-17-11-15-7-8-16(12-17)23(15)30-9-10-31-23/h1-4,14-17H,5-13H2. The number of alkyl halides is 3. The van der Waals surface area contributed by atoms with Crippen LogP contribution in [0.5, 0.6) is 5.75 Å². The highest BCUT2D eigenvalue weighted by atomic mass is 19.4. The number of hydrogen-bond acceptors (Lipinski definition) is 6. The topological polar surface area (TPSA) is 63.0 Å². The van der Waals surface area contributed by atoms with Crippen molar-refractivity contribution in [3.05, 3.63) is 35.6 Å². The smallest absolute Gasteiger partial charge is 0.405 e. The first kappa shape index (κ1) is 21.4. The summed E-state index contributed by atoms with van der Waals surface area (Å²) >= 11 is 0. The Bertz CT molecular complexity index is 996. The predicted octanol–water partition coefficient (Wildman–Crippen LogP) is 5.57. The Morgan fingerprint density at radius 1 is 1.00 bits per heavy atom. The molecule has 6 nitrogen and oxygen atoms in total. The summed E-state index contributed by atoms with van der Waals surface area (Å²) < 4.78 is 67.2. The molecule has 1 saturated heterocycles. The monoisotopic (exact) mass is 465 g/mol. The third-order valence-electron chi connectivity index (χ3n) is 7.43. The van der Waals surface area contributed by atoms with Crippen LogP contribution in [0.15, 0.2) is 28.8 Å². The van der Waals surface area contributed by atoms with E-state index in [2.05, 4.69) is 9.89 Å². The second-order valence-corrected chi connectivity index (χ2v) is 9.49. The molecule has 4 fully saturated rings. The summed E-state index contributed by atoms with van der Waals surface area (Å²) in [6.07, 6.45) is 1.04. The first-order valence-corrected chi connectivity index (χ1v) is 11.7. The summed E-state index contributed by atoms with van der Waals surface area (Å²) in [6.45, 7) is 1.53. The number of benzene rings is 1. The number of halogens is 3. The fourth-order valence-corrected chi connectivity index (χ4v) is 5.90. The summed E-state index contributed by atoms with van der Waals surface area (Å²) in [5.74, 6) is 0.852. The Balaban J connectivity index is 1.24. The molecule has 9 heteroatoms. The van der Waals surface area contributed by atoms with Gasteiger partial charge in [-0.25, -0.2) is 0 Å². The average Bonchev–Trinajstić information content (AvgIpc) is 3.31. The molecular formula is C24H26F3NO5. The van der Waals surface area contributed by atoms with E-state index in [9.17, 15) is 13.2 Å². The number of rotatable bonds is 6. The van der Waals surface area contributed by atoms with E-state index in [0.29, 0.717) is 36.5 Å². The van der Waals surface area contributed by atoms with E-state index in [1.54, 1.807) is 12.1 Å². The Morgan fingerprint density at radius 2 is 1.70 bits per heavy atom. The Hall–Kier alpha value is -2.10. The predicted molar refractivity (Wildman–Crippen MR) is 109 cm³/mol. The van der Waals surface area contributed by atoms with Gasteiger partial charge in [0.05, 0.1) is 25.9 Å². The lowest BCUT2D eigenvalue weighted by Crippen LogP contribution is -2.47. The maximum absolute atomic E-state index is 13.0. The molecular weight excluding hydrogens is 439 g/mol. The number of para-hydroxylation sites is 1. The highest BCUT2D eigenvalue weighted by Gasteiger charge is 2.58. The first-order valence-electron chi connectivity index (χ1n) is 11.7. The number of nitrogens with zero attached hydrogens (tertiary/aromatic N) is 1. The Kier molecular flexibility index (Phi) is 5.19. The molecule has 0 N–H and O–H groups in total. The quantitative estimate of drug-likeness (QED) is 0.556. The SMILES string of the molecule is FC(F)(F)Oc1ccccc1-c1noc(C2CC2)c1COC1CC2CCC(C1)C21OCCO1. The zero-order valence-electron chi connectivity index (χ0n) is 18.1. The van der Waals surface area contributed by atoms with Crippen molar-refractivity contribution in [3.63, 3.8) is 0 Å². The van der Waals surface area contributed by atoms with E-state index in [1.165, 1.54) is 12.1 Å². The van der Waals surface area contributed by atoms with Gasteiger partial charge in [-0.05, 0) is 50.7 Å². The van der Waals surface area contributed by atoms with Gasteiger partial charge in [0, 0.05) is 28.9 Å². The van der Waals surface area contributed by atoms with Gasteiger partial charge in [-0.15, -0.1) is 13.2 Å². The highest BCUT2D eigenvalue weighted by molar-refractivity contribution is 5.70. The van der Waals surface area contributed by atoms with Gasteiger partial charge in [0.1, 0.15) is 17.2 Å². The van der Waals surface area contributed by atoms with Gasteiger partial charge in [0.2, 0.25) is 0 Å². The molecule has 1 aromatic heterocycles. The fraction of sp³-hybridized carbons (Fsp3) is 0.625. The van der Waals surface area contributed by atoms with Gasteiger partial charge in [-0.2, -0.15) is 0 Å². The van der Waals surface area contributed by atoms with Crippen LogP contribution in [0.4, 0.5) is 13.2 Å².